The average Bonchev–Trinajstić information content (AvgIpc) is 3.06. The van der Waals surface area contributed by atoms with E-state index in [2.05, 4.69) is 9.88 Å². The second kappa shape index (κ2) is 7.32. The minimum atomic E-state index is 0.0665. The summed E-state index contributed by atoms with van der Waals surface area (Å²) in [6.07, 6.45) is 5.83. The van der Waals surface area contributed by atoms with E-state index in [1.807, 2.05) is 22.9 Å². The van der Waals surface area contributed by atoms with Crippen LogP contribution in [-0.4, -0.2) is 89.5 Å². The third-order valence-corrected chi connectivity index (χ3v) is 5.98. The maximum atomic E-state index is 12.6. The van der Waals surface area contributed by atoms with E-state index in [0.717, 1.165) is 39.0 Å². The molecule has 4 rings (SSSR count). The maximum Gasteiger partial charge on any atom is 0.255 e. The number of hydrogen-bond acceptors (Lipinski definition) is 5. The summed E-state index contributed by atoms with van der Waals surface area (Å²) in [7, 11) is 1.90. The molecule has 7 nitrogen and oxygen atoms in total. The quantitative estimate of drug-likeness (QED) is 0.775. The molecule has 2 amide bonds. The lowest BCUT2D eigenvalue weighted by Crippen LogP contribution is -2.47. The molecule has 4 heterocycles. The van der Waals surface area contributed by atoms with Crippen LogP contribution in [0, 0.1) is 0 Å². The van der Waals surface area contributed by atoms with Crippen molar-refractivity contribution in [3.8, 4) is 0 Å². The predicted octanol–water partition coefficient (Wildman–Crippen LogP) is 0.618. The van der Waals surface area contributed by atoms with Gasteiger partial charge >= 0.3 is 0 Å². The minimum absolute atomic E-state index is 0.0665. The van der Waals surface area contributed by atoms with Gasteiger partial charge in [0, 0.05) is 51.7 Å². The van der Waals surface area contributed by atoms with Gasteiger partial charge in [0.25, 0.3) is 5.91 Å². The Kier molecular flexibility index (Phi) is 4.91. The number of likely N-dealkylation sites (N-methyl/N-ethyl adjacent to an activating group) is 1. The van der Waals surface area contributed by atoms with Gasteiger partial charge in [-0.1, -0.05) is 0 Å². The van der Waals surface area contributed by atoms with Gasteiger partial charge in [0.05, 0.1) is 30.7 Å². The molecule has 0 saturated carbocycles. The Labute approximate surface area is 153 Å². The lowest BCUT2D eigenvalue weighted by Gasteiger charge is -2.37. The number of nitrogens with zero attached hydrogens (tertiary/aromatic N) is 4. The van der Waals surface area contributed by atoms with Crippen LogP contribution in [0.15, 0.2) is 24.5 Å². The van der Waals surface area contributed by atoms with Gasteiger partial charge < -0.3 is 14.5 Å². The second-order valence-electron chi connectivity index (χ2n) is 7.45. The van der Waals surface area contributed by atoms with Crippen molar-refractivity contribution in [2.24, 2.45) is 0 Å². The van der Waals surface area contributed by atoms with E-state index < -0.39 is 0 Å². The van der Waals surface area contributed by atoms with E-state index in [0.29, 0.717) is 24.6 Å². The number of hydrogen-bond donors (Lipinski definition) is 0. The molecule has 0 N–H and O–H groups in total. The van der Waals surface area contributed by atoms with Gasteiger partial charge in [-0.05, 0) is 25.0 Å². The predicted molar refractivity (Wildman–Crippen MR) is 95.7 cm³/mol. The standard InChI is InChI=1S/C19H26N4O3/c1-21-16-12-23(13-17(16)26-10-6-18(21)24)15-4-8-22(9-5-15)19(25)14-3-2-7-20-11-14/h2-3,7,11,15-17H,4-6,8-10,12-13H2,1H3/t16-,17-/m0/s1. The van der Waals surface area contributed by atoms with Crippen molar-refractivity contribution in [2.75, 3.05) is 39.8 Å². The van der Waals surface area contributed by atoms with Crippen LogP contribution in [0.3, 0.4) is 0 Å². The van der Waals surface area contributed by atoms with Crippen LogP contribution in [0.4, 0.5) is 0 Å². The average molecular weight is 358 g/mol. The summed E-state index contributed by atoms with van der Waals surface area (Å²) in [5, 5.41) is 0. The fraction of sp³-hybridized carbons (Fsp3) is 0.632. The smallest absolute Gasteiger partial charge is 0.255 e. The van der Waals surface area contributed by atoms with E-state index in [9.17, 15) is 9.59 Å². The Morgan fingerprint density at radius 1 is 1.27 bits per heavy atom. The molecule has 3 fully saturated rings. The number of ether oxygens (including phenoxy) is 1. The molecular formula is C19H26N4O3. The van der Waals surface area contributed by atoms with Crippen LogP contribution in [0.2, 0.25) is 0 Å². The first-order chi connectivity index (χ1) is 12.6. The lowest BCUT2D eigenvalue weighted by molar-refractivity contribution is -0.131. The molecule has 0 bridgehead atoms. The minimum Gasteiger partial charge on any atom is -0.374 e. The van der Waals surface area contributed by atoms with Crippen molar-refractivity contribution in [2.45, 2.75) is 37.5 Å². The summed E-state index contributed by atoms with van der Waals surface area (Å²) >= 11 is 0. The molecule has 0 unspecified atom stereocenters. The van der Waals surface area contributed by atoms with Crippen molar-refractivity contribution in [1.29, 1.82) is 0 Å². The Bertz CT molecular complexity index is 660. The van der Waals surface area contributed by atoms with E-state index in [1.54, 1.807) is 18.5 Å². The highest BCUT2D eigenvalue weighted by atomic mass is 16.5. The topological polar surface area (TPSA) is 66.0 Å². The first kappa shape index (κ1) is 17.4. The number of amides is 2. The molecule has 1 aromatic rings. The van der Waals surface area contributed by atoms with E-state index >= 15 is 0 Å². The Balaban J connectivity index is 1.34. The van der Waals surface area contributed by atoms with Gasteiger partial charge in [-0.3, -0.25) is 19.5 Å². The molecular weight excluding hydrogens is 332 g/mol. The maximum absolute atomic E-state index is 12.6. The zero-order valence-electron chi connectivity index (χ0n) is 15.2. The lowest BCUT2D eigenvalue weighted by atomic mass is 10.0. The molecule has 0 aliphatic carbocycles. The molecule has 26 heavy (non-hydrogen) atoms. The number of likely N-dealkylation sites (tertiary alicyclic amines) is 2. The third-order valence-electron chi connectivity index (χ3n) is 5.98. The van der Waals surface area contributed by atoms with Crippen LogP contribution < -0.4 is 0 Å². The Hall–Kier alpha value is -1.99. The number of aromatic nitrogens is 1. The Morgan fingerprint density at radius 3 is 2.81 bits per heavy atom. The summed E-state index contributed by atoms with van der Waals surface area (Å²) in [5.41, 5.74) is 0.655. The second-order valence-corrected chi connectivity index (χ2v) is 7.45. The van der Waals surface area contributed by atoms with Gasteiger partial charge in [0.1, 0.15) is 0 Å². The van der Waals surface area contributed by atoms with Crippen molar-refractivity contribution in [1.82, 2.24) is 19.7 Å². The first-order valence-electron chi connectivity index (χ1n) is 9.44. The molecule has 0 radical (unpaired) electrons. The van der Waals surface area contributed by atoms with Gasteiger partial charge in [-0.15, -0.1) is 0 Å². The summed E-state index contributed by atoms with van der Waals surface area (Å²) in [6, 6.07) is 4.22. The molecule has 3 aliphatic rings. The largest absolute Gasteiger partial charge is 0.374 e. The normalized spacial score (nSPS) is 28.1. The van der Waals surface area contributed by atoms with Crippen molar-refractivity contribution < 1.29 is 14.3 Å². The van der Waals surface area contributed by atoms with Crippen LogP contribution in [0.1, 0.15) is 29.6 Å². The number of rotatable bonds is 2. The number of pyridine rings is 1. The number of piperidine rings is 1. The zero-order valence-corrected chi connectivity index (χ0v) is 15.2. The van der Waals surface area contributed by atoms with E-state index in [1.165, 1.54) is 0 Å². The highest BCUT2D eigenvalue weighted by Crippen LogP contribution is 2.27. The van der Waals surface area contributed by atoms with Gasteiger partial charge in [-0.2, -0.15) is 0 Å². The van der Waals surface area contributed by atoms with Gasteiger partial charge in [0.15, 0.2) is 0 Å². The molecule has 0 spiro atoms. The van der Waals surface area contributed by atoms with Crippen molar-refractivity contribution >= 4 is 11.8 Å². The van der Waals surface area contributed by atoms with Crippen LogP contribution in [0.25, 0.3) is 0 Å². The number of carbonyl (C=O) groups excluding carboxylic acids is 2. The van der Waals surface area contributed by atoms with E-state index in [4.69, 9.17) is 4.74 Å². The highest BCUT2D eigenvalue weighted by Gasteiger charge is 2.42. The third kappa shape index (κ3) is 3.33. The molecule has 2 atom stereocenters. The molecule has 0 aromatic carbocycles. The molecule has 3 aliphatic heterocycles. The van der Waals surface area contributed by atoms with Crippen molar-refractivity contribution in [3.63, 3.8) is 0 Å². The number of fused-ring (bicyclic) bond motifs is 1. The molecule has 7 heteroatoms. The van der Waals surface area contributed by atoms with E-state index in [-0.39, 0.29) is 24.0 Å². The van der Waals surface area contributed by atoms with Crippen molar-refractivity contribution in [3.05, 3.63) is 30.1 Å². The highest BCUT2D eigenvalue weighted by molar-refractivity contribution is 5.93. The van der Waals surface area contributed by atoms with Gasteiger partial charge in [0.2, 0.25) is 5.91 Å². The van der Waals surface area contributed by atoms with Crippen LogP contribution in [-0.2, 0) is 9.53 Å². The molecule has 3 saturated heterocycles. The zero-order chi connectivity index (χ0) is 18.1. The first-order valence-corrected chi connectivity index (χ1v) is 9.44. The number of carbonyl (C=O) groups is 2. The summed E-state index contributed by atoms with van der Waals surface area (Å²) in [5.74, 6) is 0.244. The summed E-state index contributed by atoms with van der Waals surface area (Å²) < 4.78 is 5.93. The summed E-state index contributed by atoms with van der Waals surface area (Å²) in [6.45, 7) is 3.80. The monoisotopic (exact) mass is 358 g/mol. The molecule has 140 valence electrons. The van der Waals surface area contributed by atoms with Gasteiger partial charge in [-0.25, -0.2) is 0 Å². The molecule has 1 aromatic heterocycles. The fourth-order valence-corrected chi connectivity index (χ4v) is 4.38. The SMILES string of the molecule is CN1C(=O)CCO[C@H]2CN(C3CCN(C(=O)c4cccnc4)CC3)C[C@@H]21. The summed E-state index contributed by atoms with van der Waals surface area (Å²) in [4.78, 5) is 34.9. The Morgan fingerprint density at radius 2 is 2.08 bits per heavy atom. The van der Waals surface area contributed by atoms with Crippen LogP contribution in [0.5, 0.6) is 0 Å². The van der Waals surface area contributed by atoms with Crippen LogP contribution >= 0.6 is 0 Å². The fourth-order valence-electron chi connectivity index (χ4n) is 4.38.